The van der Waals surface area contributed by atoms with E-state index in [1.165, 1.54) is 12.7 Å². The molecule has 0 aliphatic carbocycles. The van der Waals surface area contributed by atoms with Gasteiger partial charge in [-0.15, -0.1) is 0 Å². The highest BCUT2D eigenvalue weighted by Gasteiger charge is 2.35. The third-order valence-corrected chi connectivity index (χ3v) is 11.7. The van der Waals surface area contributed by atoms with Crippen LogP contribution in [0.2, 0.25) is 0 Å². The molecular weight excluding hydrogens is 646 g/mol. The van der Waals surface area contributed by atoms with E-state index in [9.17, 15) is 24.6 Å². The number of hydrogen-bond acceptors (Lipinski definition) is 7. The molecule has 3 N–H and O–H groups in total. The number of nitrogens with one attached hydrogen (secondary N) is 1. The van der Waals surface area contributed by atoms with Crippen LogP contribution < -0.4 is 5.32 Å². The van der Waals surface area contributed by atoms with E-state index >= 15 is 0 Å². The number of fused-ring (bicyclic) bond motifs is 1. The number of likely N-dealkylation sites (tertiary alicyclic amines) is 3. The lowest BCUT2D eigenvalue weighted by atomic mass is 9.87. The summed E-state index contributed by atoms with van der Waals surface area (Å²) in [7, 11) is 1.40. The van der Waals surface area contributed by atoms with Crippen LogP contribution >= 0.6 is 0 Å². The van der Waals surface area contributed by atoms with Gasteiger partial charge < -0.3 is 39.9 Å². The van der Waals surface area contributed by atoms with Gasteiger partial charge in [0.2, 0.25) is 5.91 Å². The van der Waals surface area contributed by atoms with Crippen molar-refractivity contribution in [3.05, 3.63) is 58.7 Å². The van der Waals surface area contributed by atoms with Gasteiger partial charge in [-0.05, 0) is 100.0 Å². The number of ether oxygens (including phenoxy) is 1. The summed E-state index contributed by atoms with van der Waals surface area (Å²) < 4.78 is 4.75. The fraction of sp³-hybridized carbons (Fsp3) is 0.625. The Kier molecular flexibility index (Phi) is 12.9. The Balaban J connectivity index is 0.000000205. The first-order valence-corrected chi connectivity index (χ1v) is 18.9. The summed E-state index contributed by atoms with van der Waals surface area (Å²) in [6.45, 7) is 13.5. The number of para-hydroxylation sites is 1. The van der Waals surface area contributed by atoms with Crippen molar-refractivity contribution in [1.82, 2.24) is 19.6 Å². The fourth-order valence-electron chi connectivity index (χ4n) is 8.25. The average molecular weight is 706 g/mol. The molecule has 0 radical (unpaired) electrons. The van der Waals surface area contributed by atoms with Crippen LogP contribution in [0.5, 0.6) is 5.75 Å². The van der Waals surface area contributed by atoms with E-state index in [0.717, 1.165) is 99.9 Å². The second-order valence-electron chi connectivity index (χ2n) is 15.1. The zero-order valence-electron chi connectivity index (χ0n) is 31.3. The standard InChI is InChI=1S/C24H38N2O3.C16H21N3O3/c1-5-24(29)8-12-25(13-9-24)21-6-10-26(11-7-21)23(28)19(4)16-20-14-17(2)22(27)18(3)15-20;1-22-16(21)18-9-7-13(8-10-18)19-11-6-12-4-2-3-5-14(12)17-15(19)20/h14-15,19,21,27,29H,5-13,16H2,1-4H3;2-5,13H,6-11H2,1H3,(H,17,20)/t19-;/m1./s1. The number of phenolic OH excluding ortho intramolecular Hbond substituents is 1. The van der Waals surface area contributed by atoms with Crippen LogP contribution in [0.3, 0.4) is 0 Å². The van der Waals surface area contributed by atoms with Crippen molar-refractivity contribution in [3.63, 3.8) is 0 Å². The van der Waals surface area contributed by atoms with Gasteiger partial charge in [0.25, 0.3) is 0 Å². The number of amides is 4. The second kappa shape index (κ2) is 17.1. The highest BCUT2D eigenvalue weighted by atomic mass is 16.5. The molecule has 280 valence electrons. The van der Waals surface area contributed by atoms with Crippen molar-refractivity contribution >= 4 is 23.7 Å². The van der Waals surface area contributed by atoms with Crippen molar-refractivity contribution in [2.45, 2.75) is 103 Å². The van der Waals surface area contributed by atoms with Crippen LogP contribution in [-0.4, -0.2) is 118 Å². The van der Waals surface area contributed by atoms with Gasteiger partial charge in [-0.3, -0.25) is 4.79 Å². The van der Waals surface area contributed by atoms with Crippen molar-refractivity contribution < 1.29 is 29.3 Å². The first-order chi connectivity index (χ1) is 24.4. The molecule has 4 heterocycles. The lowest BCUT2D eigenvalue weighted by Crippen LogP contribution is -2.52. The number of aromatic hydroxyl groups is 1. The quantitative estimate of drug-likeness (QED) is 0.351. The van der Waals surface area contributed by atoms with E-state index in [2.05, 4.69) is 23.2 Å². The molecule has 0 bridgehead atoms. The number of phenols is 1. The third-order valence-electron chi connectivity index (χ3n) is 11.7. The lowest BCUT2D eigenvalue weighted by Gasteiger charge is -2.44. The number of aliphatic hydroxyl groups is 1. The van der Waals surface area contributed by atoms with Crippen LogP contribution in [0.4, 0.5) is 15.3 Å². The second-order valence-corrected chi connectivity index (χ2v) is 15.1. The number of benzene rings is 2. The van der Waals surface area contributed by atoms with Crippen molar-refractivity contribution in [1.29, 1.82) is 0 Å². The Hall–Kier alpha value is -3.83. The molecule has 4 aliphatic rings. The number of anilines is 1. The molecular formula is C40H59N5O6. The number of nitrogens with zero attached hydrogens (tertiary/aromatic N) is 4. The number of hydrogen-bond donors (Lipinski definition) is 3. The van der Waals surface area contributed by atoms with E-state index in [1.807, 2.05) is 60.9 Å². The number of aryl methyl sites for hydroxylation is 2. The molecule has 4 aliphatic heterocycles. The van der Waals surface area contributed by atoms with Gasteiger partial charge in [-0.1, -0.05) is 44.2 Å². The third kappa shape index (κ3) is 9.54. The minimum Gasteiger partial charge on any atom is -0.507 e. The van der Waals surface area contributed by atoms with Crippen LogP contribution in [0, 0.1) is 19.8 Å². The maximum absolute atomic E-state index is 13.0. The zero-order valence-corrected chi connectivity index (χ0v) is 31.3. The molecule has 0 saturated carbocycles. The summed E-state index contributed by atoms with van der Waals surface area (Å²) in [6.07, 6.45) is 7.49. The predicted molar refractivity (Wildman–Crippen MR) is 199 cm³/mol. The highest BCUT2D eigenvalue weighted by molar-refractivity contribution is 5.91. The summed E-state index contributed by atoms with van der Waals surface area (Å²) in [6, 6.07) is 12.6. The van der Waals surface area contributed by atoms with E-state index < -0.39 is 5.60 Å². The number of urea groups is 1. The van der Waals surface area contributed by atoms with Gasteiger partial charge in [-0.2, -0.15) is 0 Å². The van der Waals surface area contributed by atoms with Gasteiger partial charge in [-0.25, -0.2) is 9.59 Å². The smallest absolute Gasteiger partial charge is 0.409 e. The van der Waals surface area contributed by atoms with E-state index in [0.29, 0.717) is 37.8 Å². The Bertz CT molecular complexity index is 1490. The monoisotopic (exact) mass is 705 g/mol. The van der Waals surface area contributed by atoms with Crippen LogP contribution in [0.15, 0.2) is 36.4 Å². The SMILES string of the molecule is CCC1(O)CCN(C2CCN(C(=O)[C@H](C)Cc3cc(C)c(O)c(C)c3)CC2)CC1.COC(=O)N1CCC(N2CCc3ccccc3NC2=O)CC1. The normalized spacial score (nSPS) is 20.7. The molecule has 2 aromatic rings. The maximum Gasteiger partial charge on any atom is 0.409 e. The minimum absolute atomic E-state index is 0.0403. The summed E-state index contributed by atoms with van der Waals surface area (Å²) in [5.41, 5.74) is 4.47. The Labute approximate surface area is 303 Å². The predicted octanol–water partition coefficient (Wildman–Crippen LogP) is 5.72. The van der Waals surface area contributed by atoms with Crippen LogP contribution in [-0.2, 0) is 22.4 Å². The zero-order chi connectivity index (χ0) is 36.7. The highest BCUT2D eigenvalue weighted by Crippen LogP contribution is 2.30. The molecule has 0 spiro atoms. The number of rotatable bonds is 6. The van der Waals surface area contributed by atoms with E-state index in [-0.39, 0.29) is 30.0 Å². The van der Waals surface area contributed by atoms with E-state index in [4.69, 9.17) is 4.74 Å². The summed E-state index contributed by atoms with van der Waals surface area (Å²) in [5.74, 6) is 0.542. The molecule has 3 fully saturated rings. The Morgan fingerprint density at radius 2 is 1.51 bits per heavy atom. The number of methoxy groups -OCH3 is 1. The first kappa shape index (κ1) is 38.4. The van der Waals surface area contributed by atoms with Gasteiger partial charge in [0.1, 0.15) is 5.75 Å². The Morgan fingerprint density at radius 3 is 2.12 bits per heavy atom. The number of carbonyl (C=O) groups excluding carboxylic acids is 3. The van der Waals surface area contributed by atoms with Gasteiger partial charge >= 0.3 is 12.1 Å². The molecule has 2 aromatic carbocycles. The van der Waals surface area contributed by atoms with E-state index in [1.54, 1.807) is 4.90 Å². The molecule has 0 aromatic heterocycles. The molecule has 51 heavy (non-hydrogen) atoms. The van der Waals surface area contributed by atoms with Gasteiger partial charge in [0.15, 0.2) is 0 Å². The largest absolute Gasteiger partial charge is 0.507 e. The van der Waals surface area contributed by atoms with Crippen molar-refractivity contribution in [2.24, 2.45) is 5.92 Å². The van der Waals surface area contributed by atoms with Crippen LogP contribution in [0.1, 0.15) is 81.0 Å². The Morgan fingerprint density at radius 1 is 0.922 bits per heavy atom. The van der Waals surface area contributed by atoms with Gasteiger partial charge in [0.05, 0.1) is 12.7 Å². The molecule has 6 rings (SSSR count). The summed E-state index contributed by atoms with van der Waals surface area (Å²) in [5, 5.41) is 23.4. The summed E-state index contributed by atoms with van der Waals surface area (Å²) >= 11 is 0. The molecule has 1 atom stereocenters. The molecule has 11 heteroatoms. The lowest BCUT2D eigenvalue weighted by molar-refractivity contribution is -0.136. The van der Waals surface area contributed by atoms with Crippen LogP contribution in [0.25, 0.3) is 0 Å². The molecule has 0 unspecified atom stereocenters. The summed E-state index contributed by atoms with van der Waals surface area (Å²) in [4.78, 5) is 45.1. The van der Waals surface area contributed by atoms with Crippen molar-refractivity contribution in [2.75, 3.05) is 58.2 Å². The van der Waals surface area contributed by atoms with Gasteiger partial charge in [0, 0.05) is 69.5 Å². The maximum atomic E-state index is 13.0. The molecule has 11 nitrogen and oxygen atoms in total. The number of carbonyl (C=O) groups is 3. The molecule has 4 amide bonds. The number of piperidine rings is 3. The fourth-order valence-corrected chi connectivity index (χ4v) is 8.25. The minimum atomic E-state index is -0.465. The first-order valence-electron chi connectivity index (χ1n) is 18.9. The van der Waals surface area contributed by atoms with Crippen molar-refractivity contribution in [3.8, 4) is 5.75 Å². The topological polar surface area (TPSA) is 126 Å². The molecule has 3 saturated heterocycles. The average Bonchev–Trinajstić information content (AvgIpc) is 3.32.